The number of hydrogen-bond acceptors (Lipinski definition) is 5. The lowest BCUT2D eigenvalue weighted by atomic mass is 10.2. The summed E-state index contributed by atoms with van der Waals surface area (Å²) in [5, 5.41) is 16.8. The van der Waals surface area contributed by atoms with Crippen molar-refractivity contribution in [1.82, 2.24) is 10.6 Å². The van der Waals surface area contributed by atoms with Crippen LogP contribution in [0.15, 0.2) is 30.3 Å². The largest absolute Gasteiger partial charge is 0.490 e. The number of ether oxygens (including phenoxy) is 2. The minimum Gasteiger partial charge on any atom is -0.490 e. The van der Waals surface area contributed by atoms with E-state index in [0.29, 0.717) is 46.3 Å². The summed E-state index contributed by atoms with van der Waals surface area (Å²) in [6.07, 6.45) is 0. The molecule has 0 bridgehead atoms. The van der Waals surface area contributed by atoms with Crippen molar-refractivity contribution >= 4 is 34.8 Å². The molecule has 0 saturated carbocycles. The molecule has 2 aromatic rings. The maximum atomic E-state index is 8.75. The van der Waals surface area contributed by atoms with Gasteiger partial charge in [-0.15, -0.1) is 0 Å². The molecule has 2 rings (SSSR count). The third-order valence-corrected chi connectivity index (χ3v) is 4.72. The van der Waals surface area contributed by atoms with E-state index < -0.39 is 0 Å². The summed E-state index contributed by atoms with van der Waals surface area (Å²) >= 11 is 18.6. The minimum atomic E-state index is 0.135. The molecule has 2 aromatic carbocycles. The molecule has 0 aliphatic carbocycles. The molecule has 0 aromatic heterocycles. The second-order valence-corrected chi connectivity index (χ2v) is 7.26. The van der Waals surface area contributed by atoms with Crippen LogP contribution < -0.4 is 20.1 Å². The van der Waals surface area contributed by atoms with E-state index >= 15 is 0 Å². The van der Waals surface area contributed by atoms with E-state index in [-0.39, 0.29) is 13.2 Å². The van der Waals surface area contributed by atoms with E-state index in [1.165, 1.54) is 0 Å². The Morgan fingerprint density at radius 3 is 2.43 bits per heavy atom. The number of aliphatic hydroxyl groups is 1. The molecule has 8 heteroatoms. The molecule has 0 amide bonds. The number of aliphatic hydroxyl groups excluding tert-OH is 1. The highest BCUT2D eigenvalue weighted by atomic mass is 35.5. The van der Waals surface area contributed by atoms with Crippen LogP contribution in [0.1, 0.15) is 18.1 Å². The quantitative estimate of drug-likeness (QED) is 0.424. The van der Waals surface area contributed by atoms with Gasteiger partial charge in [-0.25, -0.2) is 0 Å². The van der Waals surface area contributed by atoms with Crippen molar-refractivity contribution in [2.24, 2.45) is 0 Å². The normalized spacial score (nSPS) is 10.9. The smallest absolute Gasteiger partial charge is 0.180 e. The van der Waals surface area contributed by atoms with Crippen LogP contribution in [-0.2, 0) is 13.2 Å². The molecular weight excluding hydrogens is 423 g/mol. The minimum absolute atomic E-state index is 0.135. The molecule has 0 spiro atoms. The maximum absolute atomic E-state index is 8.75. The van der Waals surface area contributed by atoms with Gasteiger partial charge in [0.2, 0.25) is 0 Å². The first-order valence-electron chi connectivity index (χ1n) is 9.09. The van der Waals surface area contributed by atoms with Crippen molar-refractivity contribution in [2.45, 2.75) is 20.1 Å². The molecule has 0 saturated heterocycles. The van der Waals surface area contributed by atoms with Gasteiger partial charge in [0, 0.05) is 41.8 Å². The van der Waals surface area contributed by atoms with Gasteiger partial charge in [-0.1, -0.05) is 40.9 Å². The monoisotopic (exact) mass is 446 g/mol. The van der Waals surface area contributed by atoms with Crippen molar-refractivity contribution in [1.29, 1.82) is 0 Å². The standard InChI is InChI=1S/C20H25Cl3N2O3/c1-2-27-19-10-14(12-25-6-5-24-7-8-26)9-18(23)20(19)28-13-15-3-4-16(21)11-17(15)22/h3-4,9-11,24-26H,2,5-8,12-13H2,1H3. The topological polar surface area (TPSA) is 62.8 Å². The van der Waals surface area contributed by atoms with Crippen molar-refractivity contribution in [2.75, 3.05) is 32.8 Å². The van der Waals surface area contributed by atoms with Gasteiger partial charge in [0.25, 0.3) is 0 Å². The summed E-state index contributed by atoms with van der Waals surface area (Å²) in [6.45, 7) is 5.57. The Balaban J connectivity index is 2.02. The zero-order chi connectivity index (χ0) is 20.4. The van der Waals surface area contributed by atoms with E-state index in [2.05, 4.69) is 10.6 Å². The SMILES string of the molecule is CCOc1cc(CNCCNCCO)cc(Cl)c1OCc1ccc(Cl)cc1Cl. The first-order chi connectivity index (χ1) is 13.5. The predicted molar refractivity (Wildman–Crippen MR) is 115 cm³/mol. The van der Waals surface area contributed by atoms with E-state index in [1.807, 2.05) is 25.1 Å². The van der Waals surface area contributed by atoms with Crippen LogP contribution in [0.25, 0.3) is 0 Å². The summed E-state index contributed by atoms with van der Waals surface area (Å²) in [7, 11) is 0. The number of hydrogen-bond donors (Lipinski definition) is 3. The number of nitrogens with one attached hydrogen (secondary N) is 2. The zero-order valence-electron chi connectivity index (χ0n) is 15.7. The molecule has 3 N–H and O–H groups in total. The second-order valence-electron chi connectivity index (χ2n) is 6.01. The fourth-order valence-corrected chi connectivity index (χ4v) is 3.28. The van der Waals surface area contributed by atoms with Crippen molar-refractivity contribution in [3.05, 3.63) is 56.5 Å². The second kappa shape index (κ2) is 12.4. The van der Waals surface area contributed by atoms with E-state index in [9.17, 15) is 0 Å². The highest BCUT2D eigenvalue weighted by Crippen LogP contribution is 2.37. The third-order valence-electron chi connectivity index (χ3n) is 3.85. The third kappa shape index (κ3) is 7.32. The summed E-state index contributed by atoms with van der Waals surface area (Å²) in [5.74, 6) is 1.08. The maximum Gasteiger partial charge on any atom is 0.180 e. The Kier molecular flexibility index (Phi) is 10.2. The molecule has 0 aliphatic heterocycles. The number of benzene rings is 2. The fourth-order valence-electron chi connectivity index (χ4n) is 2.53. The molecule has 5 nitrogen and oxygen atoms in total. The van der Waals surface area contributed by atoms with Gasteiger partial charge >= 0.3 is 0 Å². The van der Waals surface area contributed by atoms with E-state index in [4.69, 9.17) is 49.4 Å². The Morgan fingerprint density at radius 1 is 0.929 bits per heavy atom. The average Bonchev–Trinajstić information content (AvgIpc) is 2.65. The summed E-state index contributed by atoms with van der Waals surface area (Å²) in [5.41, 5.74) is 1.80. The van der Waals surface area contributed by atoms with Crippen LogP contribution in [0.3, 0.4) is 0 Å². The Morgan fingerprint density at radius 2 is 1.71 bits per heavy atom. The zero-order valence-corrected chi connectivity index (χ0v) is 18.0. The van der Waals surface area contributed by atoms with Crippen LogP contribution in [0.4, 0.5) is 0 Å². The lowest BCUT2D eigenvalue weighted by Crippen LogP contribution is -2.28. The molecule has 0 radical (unpaired) electrons. The van der Waals surface area contributed by atoms with E-state index in [1.54, 1.807) is 12.1 Å². The molecule has 0 heterocycles. The van der Waals surface area contributed by atoms with Gasteiger partial charge in [-0.3, -0.25) is 0 Å². The van der Waals surface area contributed by atoms with Gasteiger partial charge in [-0.05, 0) is 36.8 Å². The molecule has 0 fully saturated rings. The van der Waals surface area contributed by atoms with E-state index in [0.717, 1.165) is 24.2 Å². The molecule has 28 heavy (non-hydrogen) atoms. The van der Waals surface area contributed by atoms with Crippen LogP contribution in [0.2, 0.25) is 15.1 Å². The molecule has 0 aliphatic rings. The van der Waals surface area contributed by atoms with Gasteiger partial charge in [-0.2, -0.15) is 0 Å². The van der Waals surface area contributed by atoms with Crippen LogP contribution in [-0.4, -0.2) is 38.0 Å². The predicted octanol–water partition coefficient (Wildman–Crippen LogP) is 4.30. The van der Waals surface area contributed by atoms with Gasteiger partial charge in [0.1, 0.15) is 6.61 Å². The Hall–Kier alpha value is -1.21. The lowest BCUT2D eigenvalue weighted by Gasteiger charge is -2.16. The van der Waals surface area contributed by atoms with Gasteiger partial charge < -0.3 is 25.2 Å². The first kappa shape index (κ1) is 23.1. The van der Waals surface area contributed by atoms with Gasteiger partial charge in [0.05, 0.1) is 18.2 Å². The Bertz CT molecular complexity index is 760. The van der Waals surface area contributed by atoms with Crippen LogP contribution in [0, 0.1) is 0 Å². The van der Waals surface area contributed by atoms with Crippen LogP contribution >= 0.6 is 34.8 Å². The Labute approximate surface area is 180 Å². The molecular formula is C20H25Cl3N2O3. The molecule has 0 unspecified atom stereocenters. The first-order valence-corrected chi connectivity index (χ1v) is 10.2. The van der Waals surface area contributed by atoms with Crippen molar-refractivity contribution < 1.29 is 14.6 Å². The number of halogens is 3. The molecule has 154 valence electrons. The summed E-state index contributed by atoms with van der Waals surface area (Å²) in [4.78, 5) is 0. The van der Waals surface area contributed by atoms with Crippen molar-refractivity contribution in [3.8, 4) is 11.5 Å². The highest BCUT2D eigenvalue weighted by molar-refractivity contribution is 6.35. The summed E-state index contributed by atoms with van der Waals surface area (Å²) < 4.78 is 11.6. The molecule has 0 atom stereocenters. The average molecular weight is 448 g/mol. The van der Waals surface area contributed by atoms with Crippen LogP contribution in [0.5, 0.6) is 11.5 Å². The number of rotatable bonds is 12. The lowest BCUT2D eigenvalue weighted by molar-refractivity contribution is 0.269. The fraction of sp³-hybridized carbons (Fsp3) is 0.400. The highest BCUT2D eigenvalue weighted by Gasteiger charge is 2.14. The summed E-state index contributed by atoms with van der Waals surface area (Å²) in [6, 6.07) is 9.04. The van der Waals surface area contributed by atoms with Gasteiger partial charge in [0.15, 0.2) is 11.5 Å². The van der Waals surface area contributed by atoms with Crippen molar-refractivity contribution in [3.63, 3.8) is 0 Å².